The van der Waals surface area contributed by atoms with Crippen LogP contribution >= 0.6 is 0 Å². The topological polar surface area (TPSA) is 18.5 Å². The van der Waals surface area contributed by atoms with Gasteiger partial charge < -0.3 is 9.47 Å². The number of hydrogen-bond acceptors (Lipinski definition) is 2. The molecule has 31 heavy (non-hydrogen) atoms. The van der Waals surface area contributed by atoms with Gasteiger partial charge in [-0.1, -0.05) is 75.6 Å². The summed E-state index contributed by atoms with van der Waals surface area (Å²) in [5.74, 6) is 1.88. The summed E-state index contributed by atoms with van der Waals surface area (Å²) in [5.41, 5.74) is 6.18. The van der Waals surface area contributed by atoms with Gasteiger partial charge in [0, 0.05) is 0 Å². The first kappa shape index (κ1) is 22.9. The SMILES string of the molecule is CCCCCCOc1ccc(-c2ccc(-c3ccc(OC(C)CC)cc3)c(C)c2)cc1. The average Bonchev–Trinajstić information content (AvgIpc) is 2.80. The average molecular weight is 417 g/mol. The summed E-state index contributed by atoms with van der Waals surface area (Å²) >= 11 is 0. The molecule has 1 unspecified atom stereocenters. The van der Waals surface area contributed by atoms with Crippen molar-refractivity contribution in [3.05, 3.63) is 72.3 Å². The molecule has 0 radical (unpaired) electrons. The van der Waals surface area contributed by atoms with Crippen LogP contribution in [0.4, 0.5) is 0 Å². The van der Waals surface area contributed by atoms with E-state index in [9.17, 15) is 0 Å². The molecule has 3 rings (SSSR count). The Labute approximate surface area is 188 Å². The maximum atomic E-state index is 5.90. The molecule has 0 fully saturated rings. The zero-order valence-corrected chi connectivity index (χ0v) is 19.5. The molecule has 2 nitrogen and oxygen atoms in total. The van der Waals surface area contributed by atoms with Gasteiger partial charge in [0.05, 0.1) is 12.7 Å². The van der Waals surface area contributed by atoms with Crippen molar-refractivity contribution >= 4 is 0 Å². The van der Waals surface area contributed by atoms with Crippen LogP contribution in [0.2, 0.25) is 0 Å². The molecular formula is C29H36O2. The molecule has 0 bridgehead atoms. The molecule has 164 valence electrons. The Bertz CT molecular complexity index is 926. The van der Waals surface area contributed by atoms with Crippen LogP contribution in [-0.4, -0.2) is 12.7 Å². The fourth-order valence-corrected chi connectivity index (χ4v) is 3.66. The molecule has 0 spiro atoms. The molecule has 0 aliphatic rings. The Kier molecular flexibility index (Phi) is 8.58. The fourth-order valence-electron chi connectivity index (χ4n) is 3.66. The van der Waals surface area contributed by atoms with Gasteiger partial charge in [0.2, 0.25) is 0 Å². The van der Waals surface area contributed by atoms with Gasteiger partial charge in [-0.15, -0.1) is 0 Å². The summed E-state index contributed by atoms with van der Waals surface area (Å²) in [6, 6.07) is 23.6. The Morgan fingerprint density at radius 3 is 2.00 bits per heavy atom. The molecule has 0 N–H and O–H groups in total. The first-order chi connectivity index (χ1) is 15.1. The third-order valence-electron chi connectivity index (χ3n) is 5.76. The van der Waals surface area contributed by atoms with Crippen LogP contribution < -0.4 is 9.47 Å². The van der Waals surface area contributed by atoms with E-state index in [4.69, 9.17) is 9.47 Å². The molecule has 2 heteroatoms. The van der Waals surface area contributed by atoms with Crippen LogP contribution in [0.15, 0.2) is 66.7 Å². The number of ether oxygens (including phenoxy) is 2. The zero-order valence-electron chi connectivity index (χ0n) is 19.5. The zero-order chi connectivity index (χ0) is 22.1. The standard InChI is InChI=1S/C29H36O2/c1-5-7-8-9-20-30-27-15-10-24(11-16-27)26-14-19-29(22(3)21-26)25-12-17-28(18-13-25)31-23(4)6-2/h10-19,21,23H,5-9,20H2,1-4H3. The Hall–Kier alpha value is -2.74. The van der Waals surface area contributed by atoms with E-state index in [1.807, 2.05) is 0 Å². The molecule has 0 saturated carbocycles. The van der Waals surface area contributed by atoms with Crippen LogP contribution in [-0.2, 0) is 0 Å². The van der Waals surface area contributed by atoms with Crippen molar-refractivity contribution < 1.29 is 9.47 Å². The van der Waals surface area contributed by atoms with Gasteiger partial charge >= 0.3 is 0 Å². The largest absolute Gasteiger partial charge is 0.494 e. The lowest BCUT2D eigenvalue weighted by molar-refractivity contribution is 0.217. The van der Waals surface area contributed by atoms with Gasteiger partial charge in [-0.25, -0.2) is 0 Å². The minimum atomic E-state index is 0.240. The van der Waals surface area contributed by atoms with E-state index >= 15 is 0 Å². The van der Waals surface area contributed by atoms with E-state index in [-0.39, 0.29) is 6.10 Å². The predicted molar refractivity (Wildman–Crippen MR) is 132 cm³/mol. The second-order valence-electron chi connectivity index (χ2n) is 8.32. The summed E-state index contributed by atoms with van der Waals surface area (Å²) in [5, 5.41) is 0. The quantitative estimate of drug-likeness (QED) is 0.292. The van der Waals surface area contributed by atoms with Crippen LogP contribution in [0.1, 0.15) is 58.4 Å². The van der Waals surface area contributed by atoms with Gasteiger partial charge in [0.15, 0.2) is 0 Å². The van der Waals surface area contributed by atoms with Gasteiger partial charge in [0.1, 0.15) is 11.5 Å². The maximum Gasteiger partial charge on any atom is 0.119 e. The highest BCUT2D eigenvalue weighted by Crippen LogP contribution is 2.30. The monoisotopic (exact) mass is 416 g/mol. The Balaban J connectivity index is 1.65. The van der Waals surface area contributed by atoms with Crippen molar-refractivity contribution in [1.29, 1.82) is 0 Å². The third kappa shape index (κ3) is 6.62. The molecule has 0 heterocycles. The van der Waals surface area contributed by atoms with E-state index in [0.29, 0.717) is 0 Å². The Morgan fingerprint density at radius 2 is 1.35 bits per heavy atom. The highest BCUT2D eigenvalue weighted by molar-refractivity contribution is 5.74. The molecule has 3 aromatic carbocycles. The van der Waals surface area contributed by atoms with Crippen molar-refractivity contribution in [3.8, 4) is 33.8 Å². The van der Waals surface area contributed by atoms with Crippen LogP contribution in [0, 0.1) is 6.92 Å². The lowest BCUT2D eigenvalue weighted by atomic mass is 9.95. The lowest BCUT2D eigenvalue weighted by Gasteiger charge is -2.14. The number of unbranched alkanes of at least 4 members (excludes halogenated alkanes) is 3. The molecule has 0 saturated heterocycles. The molecular weight excluding hydrogens is 380 g/mol. The molecule has 0 aromatic heterocycles. The minimum absolute atomic E-state index is 0.240. The first-order valence-corrected chi connectivity index (χ1v) is 11.7. The third-order valence-corrected chi connectivity index (χ3v) is 5.76. The fraction of sp³-hybridized carbons (Fsp3) is 0.379. The normalized spacial score (nSPS) is 11.9. The summed E-state index contributed by atoms with van der Waals surface area (Å²) in [6.45, 7) is 9.44. The number of aryl methyl sites for hydroxylation is 1. The molecule has 1 atom stereocenters. The highest BCUT2D eigenvalue weighted by Gasteiger charge is 2.07. The molecule has 3 aromatic rings. The van der Waals surface area contributed by atoms with E-state index in [1.165, 1.54) is 47.1 Å². The predicted octanol–water partition coefficient (Wildman–Crippen LogP) is 8.47. The maximum absolute atomic E-state index is 5.90. The second kappa shape index (κ2) is 11.6. The summed E-state index contributed by atoms with van der Waals surface area (Å²) in [6.07, 6.45) is 6.16. The second-order valence-corrected chi connectivity index (χ2v) is 8.32. The van der Waals surface area contributed by atoms with Crippen molar-refractivity contribution in [3.63, 3.8) is 0 Å². The van der Waals surface area contributed by atoms with Gasteiger partial charge in [-0.3, -0.25) is 0 Å². The van der Waals surface area contributed by atoms with Gasteiger partial charge in [-0.05, 0) is 78.8 Å². The number of benzene rings is 3. The molecule has 0 aliphatic carbocycles. The van der Waals surface area contributed by atoms with E-state index < -0.39 is 0 Å². The van der Waals surface area contributed by atoms with Gasteiger partial charge in [0.25, 0.3) is 0 Å². The van der Waals surface area contributed by atoms with E-state index in [2.05, 4.69) is 94.4 Å². The summed E-state index contributed by atoms with van der Waals surface area (Å²) in [7, 11) is 0. The Morgan fingerprint density at radius 1 is 0.710 bits per heavy atom. The van der Waals surface area contributed by atoms with Crippen molar-refractivity contribution in [2.75, 3.05) is 6.61 Å². The lowest BCUT2D eigenvalue weighted by Crippen LogP contribution is -2.09. The molecule has 0 aliphatic heterocycles. The highest BCUT2D eigenvalue weighted by atomic mass is 16.5. The summed E-state index contributed by atoms with van der Waals surface area (Å²) in [4.78, 5) is 0. The minimum Gasteiger partial charge on any atom is -0.494 e. The number of rotatable bonds is 11. The van der Waals surface area contributed by atoms with Gasteiger partial charge in [-0.2, -0.15) is 0 Å². The molecule has 0 amide bonds. The van der Waals surface area contributed by atoms with Crippen molar-refractivity contribution in [2.24, 2.45) is 0 Å². The first-order valence-electron chi connectivity index (χ1n) is 11.7. The number of hydrogen-bond donors (Lipinski definition) is 0. The van der Waals surface area contributed by atoms with Crippen LogP contribution in [0.3, 0.4) is 0 Å². The van der Waals surface area contributed by atoms with Crippen LogP contribution in [0.25, 0.3) is 22.3 Å². The van der Waals surface area contributed by atoms with Crippen molar-refractivity contribution in [1.82, 2.24) is 0 Å². The van der Waals surface area contributed by atoms with E-state index in [1.54, 1.807) is 0 Å². The van der Waals surface area contributed by atoms with Crippen LogP contribution in [0.5, 0.6) is 11.5 Å². The summed E-state index contributed by atoms with van der Waals surface area (Å²) < 4.78 is 11.8. The van der Waals surface area contributed by atoms with Crippen molar-refractivity contribution in [2.45, 2.75) is 65.9 Å². The van der Waals surface area contributed by atoms with E-state index in [0.717, 1.165) is 30.9 Å². The smallest absolute Gasteiger partial charge is 0.119 e.